The largest absolute Gasteiger partial charge is 0.449 e. The van der Waals surface area contributed by atoms with Gasteiger partial charge in [-0.3, -0.25) is 14.5 Å². The normalized spacial score (nSPS) is 14.2. The van der Waals surface area contributed by atoms with Gasteiger partial charge in [-0.05, 0) is 47.5 Å². The Morgan fingerprint density at radius 3 is 2.45 bits per heavy atom. The predicted molar refractivity (Wildman–Crippen MR) is 122 cm³/mol. The van der Waals surface area contributed by atoms with Crippen molar-refractivity contribution in [3.63, 3.8) is 0 Å². The number of halogens is 2. The Kier molecular flexibility index (Phi) is 6.26. The minimum atomic E-state index is -0.416. The van der Waals surface area contributed by atoms with E-state index in [-0.39, 0.29) is 18.2 Å². The highest BCUT2D eigenvalue weighted by atomic mass is 35.5. The molecule has 0 fully saturated rings. The number of para-hydroxylation sites is 2. The van der Waals surface area contributed by atoms with E-state index >= 15 is 0 Å². The lowest BCUT2D eigenvalue weighted by atomic mass is 10.1. The number of anilines is 1. The molecule has 1 heterocycles. The van der Waals surface area contributed by atoms with E-state index in [2.05, 4.69) is 5.32 Å². The van der Waals surface area contributed by atoms with Crippen molar-refractivity contribution < 1.29 is 14.3 Å². The number of rotatable bonds is 5. The summed E-state index contributed by atoms with van der Waals surface area (Å²) in [6, 6.07) is 21.4. The van der Waals surface area contributed by atoms with Crippen LogP contribution < -0.4 is 15.0 Å². The van der Waals surface area contributed by atoms with Crippen molar-refractivity contribution in [3.8, 4) is 5.75 Å². The summed E-state index contributed by atoms with van der Waals surface area (Å²) < 4.78 is 5.82. The van der Waals surface area contributed by atoms with Gasteiger partial charge in [0.2, 0.25) is 5.91 Å². The van der Waals surface area contributed by atoms with Crippen LogP contribution in [0.25, 0.3) is 6.08 Å². The molecule has 7 heteroatoms. The quantitative estimate of drug-likeness (QED) is 0.549. The molecule has 0 radical (unpaired) electrons. The van der Waals surface area contributed by atoms with Gasteiger partial charge in [-0.15, -0.1) is 0 Å². The number of hydrogen-bond acceptors (Lipinski definition) is 3. The second-order valence-electron chi connectivity index (χ2n) is 6.89. The number of ether oxygens (including phenoxy) is 1. The highest BCUT2D eigenvalue weighted by Crippen LogP contribution is 2.35. The number of carbonyl (C=O) groups is 2. The number of benzene rings is 3. The van der Waals surface area contributed by atoms with Crippen molar-refractivity contribution in [2.24, 2.45) is 0 Å². The first-order valence-electron chi connectivity index (χ1n) is 9.57. The van der Waals surface area contributed by atoms with Crippen molar-refractivity contribution >= 4 is 46.8 Å². The number of fused-ring (bicyclic) bond motifs is 1. The molecule has 3 aromatic carbocycles. The lowest BCUT2D eigenvalue weighted by Crippen LogP contribution is -2.44. The van der Waals surface area contributed by atoms with E-state index in [1.165, 1.54) is 4.90 Å². The fourth-order valence-corrected chi connectivity index (χ4v) is 3.47. The average Bonchev–Trinajstić information content (AvgIpc) is 2.77. The smallest absolute Gasteiger partial charge is 0.294 e. The van der Waals surface area contributed by atoms with Crippen LogP contribution >= 0.6 is 23.2 Å². The summed E-state index contributed by atoms with van der Waals surface area (Å²) in [6.07, 6.45) is 1.58. The first kappa shape index (κ1) is 21.0. The summed E-state index contributed by atoms with van der Waals surface area (Å²) in [4.78, 5) is 27.2. The molecule has 0 unspecified atom stereocenters. The summed E-state index contributed by atoms with van der Waals surface area (Å²) in [6.45, 7) is 0.186. The molecule has 0 aromatic heterocycles. The zero-order valence-corrected chi connectivity index (χ0v) is 17.9. The number of amides is 2. The molecular formula is C24H18Cl2N2O3. The Morgan fingerprint density at radius 2 is 1.68 bits per heavy atom. The molecule has 2 amide bonds. The topological polar surface area (TPSA) is 58.6 Å². The maximum Gasteiger partial charge on any atom is 0.294 e. The van der Waals surface area contributed by atoms with Gasteiger partial charge < -0.3 is 10.1 Å². The minimum absolute atomic E-state index is 0.0947. The van der Waals surface area contributed by atoms with Gasteiger partial charge >= 0.3 is 0 Å². The molecule has 0 aliphatic carbocycles. The van der Waals surface area contributed by atoms with Gasteiger partial charge in [-0.1, -0.05) is 65.7 Å². The van der Waals surface area contributed by atoms with Crippen LogP contribution in [0.15, 0.2) is 78.6 Å². The summed E-state index contributed by atoms with van der Waals surface area (Å²) in [5.74, 6) is -0.124. The first-order valence-corrected chi connectivity index (χ1v) is 10.3. The summed E-state index contributed by atoms with van der Waals surface area (Å²) in [5.41, 5.74) is 2.09. The number of nitrogens with zero attached hydrogens (tertiary/aromatic N) is 1. The molecule has 0 saturated carbocycles. The van der Waals surface area contributed by atoms with Gasteiger partial charge in [0, 0.05) is 16.6 Å². The molecule has 0 bridgehead atoms. The third-order valence-corrected chi connectivity index (χ3v) is 5.32. The Bertz CT molecular complexity index is 1160. The van der Waals surface area contributed by atoms with Crippen LogP contribution in [0.1, 0.15) is 11.1 Å². The van der Waals surface area contributed by atoms with E-state index in [1.807, 2.05) is 18.2 Å². The molecule has 1 N–H and O–H groups in total. The van der Waals surface area contributed by atoms with Crippen LogP contribution in [0, 0.1) is 0 Å². The zero-order valence-electron chi connectivity index (χ0n) is 16.3. The fourth-order valence-electron chi connectivity index (χ4n) is 3.15. The van der Waals surface area contributed by atoms with Crippen LogP contribution in [0.3, 0.4) is 0 Å². The van der Waals surface area contributed by atoms with Gasteiger partial charge in [0.15, 0.2) is 11.5 Å². The lowest BCUT2D eigenvalue weighted by molar-refractivity contribution is -0.123. The van der Waals surface area contributed by atoms with Crippen LogP contribution in [0.2, 0.25) is 10.0 Å². The number of carbonyl (C=O) groups excluding carboxylic acids is 2. The predicted octanol–water partition coefficient (Wildman–Crippen LogP) is 5.08. The van der Waals surface area contributed by atoms with Crippen molar-refractivity contribution in [2.75, 3.05) is 11.4 Å². The van der Waals surface area contributed by atoms with Gasteiger partial charge in [-0.2, -0.15) is 0 Å². The number of hydrogen-bond donors (Lipinski definition) is 1. The van der Waals surface area contributed by atoms with Crippen molar-refractivity contribution in [1.82, 2.24) is 5.32 Å². The molecular weight excluding hydrogens is 435 g/mol. The lowest BCUT2D eigenvalue weighted by Gasteiger charge is -2.30. The van der Waals surface area contributed by atoms with Gasteiger partial charge in [0.05, 0.1) is 5.69 Å². The van der Waals surface area contributed by atoms with Crippen molar-refractivity contribution in [1.29, 1.82) is 0 Å². The molecule has 0 spiro atoms. The molecule has 31 heavy (non-hydrogen) atoms. The maximum atomic E-state index is 13.1. The molecule has 1 aliphatic rings. The highest BCUT2D eigenvalue weighted by molar-refractivity contribution is 6.32. The van der Waals surface area contributed by atoms with Crippen LogP contribution in [-0.2, 0) is 16.1 Å². The van der Waals surface area contributed by atoms with E-state index in [1.54, 1.807) is 60.7 Å². The molecule has 0 atom stereocenters. The molecule has 1 aliphatic heterocycles. The minimum Gasteiger partial charge on any atom is -0.449 e. The molecule has 5 nitrogen and oxygen atoms in total. The van der Waals surface area contributed by atoms with Gasteiger partial charge in [-0.25, -0.2) is 0 Å². The Labute approximate surface area is 189 Å². The Morgan fingerprint density at radius 1 is 0.968 bits per heavy atom. The molecule has 4 rings (SSSR count). The highest BCUT2D eigenvalue weighted by Gasteiger charge is 2.31. The van der Waals surface area contributed by atoms with Crippen LogP contribution in [0.4, 0.5) is 5.69 Å². The van der Waals surface area contributed by atoms with Gasteiger partial charge in [0.1, 0.15) is 6.54 Å². The Hall–Kier alpha value is -3.28. The monoisotopic (exact) mass is 452 g/mol. The second kappa shape index (κ2) is 9.25. The summed E-state index contributed by atoms with van der Waals surface area (Å²) in [7, 11) is 0. The number of nitrogens with one attached hydrogen (secondary N) is 1. The third kappa shape index (κ3) is 4.90. The summed E-state index contributed by atoms with van der Waals surface area (Å²) >= 11 is 12.1. The van der Waals surface area contributed by atoms with Gasteiger partial charge in [0.25, 0.3) is 5.91 Å². The Balaban J connectivity index is 1.55. The van der Waals surface area contributed by atoms with Crippen molar-refractivity contribution in [2.45, 2.75) is 6.54 Å². The maximum absolute atomic E-state index is 13.1. The summed E-state index contributed by atoms with van der Waals surface area (Å²) in [5, 5.41) is 3.96. The van der Waals surface area contributed by atoms with Crippen molar-refractivity contribution in [3.05, 3.63) is 99.7 Å². The second-order valence-corrected chi connectivity index (χ2v) is 7.74. The van der Waals surface area contributed by atoms with Crippen LogP contribution in [0.5, 0.6) is 5.75 Å². The molecule has 3 aromatic rings. The standard InChI is InChI=1S/C24H18Cl2N2O3/c25-18-11-9-16(10-12-18)14-27-23(29)15-28-20-7-3-4-8-21(20)31-22(24(28)30)13-17-5-1-2-6-19(17)26/h1-13H,14-15H2,(H,27,29)/b22-13+. The van der Waals surface area contributed by atoms with E-state index < -0.39 is 5.91 Å². The molecule has 0 saturated heterocycles. The van der Waals surface area contributed by atoms with E-state index in [0.717, 1.165) is 5.56 Å². The first-order chi connectivity index (χ1) is 15.0. The van der Waals surface area contributed by atoms with E-state index in [4.69, 9.17) is 27.9 Å². The van der Waals surface area contributed by atoms with E-state index in [9.17, 15) is 9.59 Å². The average molecular weight is 453 g/mol. The molecule has 156 valence electrons. The zero-order chi connectivity index (χ0) is 21.8. The van der Waals surface area contributed by atoms with Crippen LogP contribution in [-0.4, -0.2) is 18.4 Å². The van der Waals surface area contributed by atoms with E-state index in [0.29, 0.717) is 33.6 Å². The SMILES string of the molecule is O=C(CN1C(=O)/C(=C\c2ccccc2Cl)Oc2ccccc21)NCc1ccc(Cl)cc1. The third-order valence-electron chi connectivity index (χ3n) is 4.73. The fraction of sp³-hybridized carbons (Fsp3) is 0.0833.